The third-order valence-corrected chi connectivity index (χ3v) is 6.20. The number of nitrogens with zero attached hydrogens (tertiary/aromatic N) is 5. The first-order valence-electron chi connectivity index (χ1n) is 12.0. The van der Waals surface area contributed by atoms with E-state index in [0.717, 1.165) is 16.3 Å². The number of hydrogen-bond donors (Lipinski definition) is 3. The smallest absolute Gasteiger partial charge is 0.357 e. The maximum absolute atomic E-state index is 13.4. The molecule has 204 valence electrons. The first-order valence-corrected chi connectivity index (χ1v) is 12.0. The highest BCUT2D eigenvalue weighted by molar-refractivity contribution is 6.00. The van der Waals surface area contributed by atoms with Gasteiger partial charge in [0.15, 0.2) is 5.69 Å². The Morgan fingerprint density at radius 1 is 0.975 bits per heavy atom. The molecule has 2 amide bonds. The van der Waals surface area contributed by atoms with Gasteiger partial charge in [-0.3, -0.25) is 14.7 Å². The molecule has 3 aromatic heterocycles. The van der Waals surface area contributed by atoms with Crippen molar-refractivity contribution in [2.45, 2.75) is 13.1 Å². The van der Waals surface area contributed by atoms with Gasteiger partial charge in [-0.05, 0) is 48.4 Å². The number of pyridine rings is 1. The van der Waals surface area contributed by atoms with Gasteiger partial charge in [0.1, 0.15) is 11.5 Å². The summed E-state index contributed by atoms with van der Waals surface area (Å²) in [7, 11) is 3.28. The summed E-state index contributed by atoms with van der Waals surface area (Å²) in [5.41, 5.74) is 1.36. The summed E-state index contributed by atoms with van der Waals surface area (Å²) in [6.45, 7) is 1.82. The van der Waals surface area contributed by atoms with Crippen LogP contribution in [0.2, 0.25) is 0 Å². The molecule has 0 spiro atoms. The molecule has 2 aromatic carbocycles. The molecule has 3 N–H and O–H groups in total. The van der Waals surface area contributed by atoms with Crippen molar-refractivity contribution in [1.82, 2.24) is 24.3 Å². The van der Waals surface area contributed by atoms with E-state index in [0.29, 0.717) is 39.5 Å². The molecule has 0 aliphatic carbocycles. The number of aromatic nitrogens is 5. The topological polar surface area (TPSA) is 119 Å². The molecule has 0 aliphatic heterocycles. The summed E-state index contributed by atoms with van der Waals surface area (Å²) >= 11 is 0. The Balaban J connectivity index is 1.46. The average Bonchev–Trinajstić information content (AvgIpc) is 3.36. The number of nitrogens with one attached hydrogen (secondary N) is 3. The number of rotatable bonds is 5. The predicted molar refractivity (Wildman–Crippen MR) is 146 cm³/mol. The van der Waals surface area contributed by atoms with Crippen molar-refractivity contribution in [3.05, 3.63) is 88.5 Å². The molecule has 10 nitrogen and oxygen atoms in total. The van der Waals surface area contributed by atoms with Crippen LogP contribution in [0.15, 0.2) is 71.7 Å². The Morgan fingerprint density at radius 2 is 1.73 bits per heavy atom. The maximum Gasteiger partial charge on any atom is 0.435 e. The lowest BCUT2D eigenvalue weighted by Gasteiger charge is -2.13. The second-order valence-corrected chi connectivity index (χ2v) is 8.91. The molecule has 0 bridgehead atoms. The average molecular weight is 549 g/mol. The van der Waals surface area contributed by atoms with E-state index in [1.165, 1.54) is 4.57 Å². The Hall–Kier alpha value is -5.20. The van der Waals surface area contributed by atoms with E-state index in [4.69, 9.17) is 0 Å². The Morgan fingerprint density at radius 3 is 2.42 bits per heavy atom. The summed E-state index contributed by atoms with van der Waals surface area (Å²) in [6, 6.07) is 14.8. The molecule has 0 fully saturated rings. The lowest BCUT2D eigenvalue weighted by atomic mass is 10.00. The maximum atomic E-state index is 13.4. The number of benzene rings is 2. The highest BCUT2D eigenvalue weighted by Crippen LogP contribution is 2.32. The van der Waals surface area contributed by atoms with Crippen LogP contribution in [0, 0.1) is 6.92 Å². The minimum absolute atomic E-state index is 0.173. The fourth-order valence-electron chi connectivity index (χ4n) is 4.20. The van der Waals surface area contributed by atoms with Gasteiger partial charge in [0.05, 0.1) is 5.69 Å². The Kier molecular flexibility index (Phi) is 6.71. The van der Waals surface area contributed by atoms with Crippen LogP contribution in [-0.2, 0) is 13.2 Å². The molecular weight excluding hydrogens is 525 g/mol. The van der Waals surface area contributed by atoms with Crippen LogP contribution in [0.4, 0.5) is 35.4 Å². The molecule has 0 saturated heterocycles. The van der Waals surface area contributed by atoms with Gasteiger partial charge in [0, 0.05) is 43.0 Å². The van der Waals surface area contributed by atoms with Crippen molar-refractivity contribution in [3.63, 3.8) is 0 Å². The van der Waals surface area contributed by atoms with E-state index in [1.54, 1.807) is 74.9 Å². The minimum atomic E-state index is -4.70. The number of carbonyl (C=O) groups excluding carboxylic acids is 1. The number of amides is 2. The van der Waals surface area contributed by atoms with Crippen LogP contribution in [0.1, 0.15) is 11.3 Å². The van der Waals surface area contributed by atoms with Gasteiger partial charge in [-0.2, -0.15) is 23.3 Å². The molecule has 13 heteroatoms. The van der Waals surface area contributed by atoms with Crippen molar-refractivity contribution in [2.24, 2.45) is 7.05 Å². The number of anilines is 3. The zero-order chi connectivity index (χ0) is 28.6. The van der Waals surface area contributed by atoms with E-state index in [2.05, 4.69) is 31.0 Å². The van der Waals surface area contributed by atoms with E-state index in [1.807, 2.05) is 6.92 Å². The van der Waals surface area contributed by atoms with Crippen molar-refractivity contribution >= 4 is 34.5 Å². The quantitative estimate of drug-likeness (QED) is 0.278. The number of hydrogen-bond acceptors (Lipinski definition) is 6. The third kappa shape index (κ3) is 5.08. The fourth-order valence-corrected chi connectivity index (χ4v) is 4.20. The molecule has 0 saturated carbocycles. The number of aryl methyl sites for hydroxylation is 2. The lowest BCUT2D eigenvalue weighted by molar-refractivity contribution is -0.141. The van der Waals surface area contributed by atoms with Gasteiger partial charge in [0.25, 0.3) is 5.56 Å². The molecule has 0 unspecified atom stereocenters. The zero-order valence-electron chi connectivity index (χ0n) is 21.5. The molecule has 5 aromatic rings. The molecular formula is C27H23F3N8O2. The number of carbonyl (C=O) groups is 1. The highest BCUT2D eigenvalue weighted by Gasteiger charge is 2.35. The van der Waals surface area contributed by atoms with Crippen LogP contribution >= 0.6 is 0 Å². The normalized spacial score (nSPS) is 11.4. The Bertz CT molecular complexity index is 1800. The van der Waals surface area contributed by atoms with Crippen LogP contribution in [0.5, 0.6) is 0 Å². The van der Waals surface area contributed by atoms with E-state index in [-0.39, 0.29) is 11.4 Å². The number of fused-ring (bicyclic) bond motifs is 1. The lowest BCUT2D eigenvalue weighted by Crippen LogP contribution is -2.22. The van der Waals surface area contributed by atoms with Gasteiger partial charge in [-0.15, -0.1) is 0 Å². The second kappa shape index (κ2) is 10.2. The molecule has 0 radical (unpaired) electrons. The summed E-state index contributed by atoms with van der Waals surface area (Å²) in [5, 5.41) is 12.2. The van der Waals surface area contributed by atoms with Crippen LogP contribution in [-0.4, -0.2) is 37.4 Å². The molecule has 5 rings (SSSR count). The van der Waals surface area contributed by atoms with E-state index in [9.17, 15) is 22.8 Å². The van der Waals surface area contributed by atoms with Gasteiger partial charge < -0.3 is 10.6 Å². The Labute approximate surface area is 225 Å². The number of halogens is 3. The van der Waals surface area contributed by atoms with Crippen molar-refractivity contribution < 1.29 is 18.0 Å². The van der Waals surface area contributed by atoms with E-state index >= 15 is 0 Å². The molecule has 0 aliphatic rings. The van der Waals surface area contributed by atoms with Gasteiger partial charge in [-0.1, -0.05) is 24.3 Å². The summed E-state index contributed by atoms with van der Waals surface area (Å²) in [6.07, 6.45) is -3.10. The standard InChI is InChI=1S/C27H23F3N8O2/c1-15-9-10-17(12-19(15)20-11-16-14-32-25(31-2)35-23(16)37(3)24(20)39)33-26(40)34-22-13-21(27(28,29)30)36-38(22)18-7-5-4-6-8-18/h4-14H,1-3H3,(H,31,32,35)(H2,33,34,40). The van der Waals surface area contributed by atoms with Gasteiger partial charge in [-0.25, -0.2) is 14.5 Å². The first-order chi connectivity index (χ1) is 19.0. The van der Waals surface area contributed by atoms with Gasteiger partial charge in [0.2, 0.25) is 5.95 Å². The number of urea groups is 1. The number of alkyl halides is 3. The van der Waals surface area contributed by atoms with Gasteiger partial charge >= 0.3 is 12.2 Å². The second-order valence-electron chi connectivity index (χ2n) is 8.91. The zero-order valence-corrected chi connectivity index (χ0v) is 21.5. The van der Waals surface area contributed by atoms with Crippen molar-refractivity contribution in [3.8, 4) is 16.8 Å². The third-order valence-electron chi connectivity index (χ3n) is 6.20. The SMILES string of the molecule is CNc1ncc2cc(-c3cc(NC(=O)Nc4cc(C(F)(F)F)nn4-c4ccccc4)ccc3C)c(=O)n(C)c2n1. The van der Waals surface area contributed by atoms with Crippen molar-refractivity contribution in [1.29, 1.82) is 0 Å². The predicted octanol–water partition coefficient (Wildman–Crippen LogP) is 5.19. The largest absolute Gasteiger partial charge is 0.435 e. The molecule has 40 heavy (non-hydrogen) atoms. The summed E-state index contributed by atoms with van der Waals surface area (Å²) in [4.78, 5) is 34.7. The number of para-hydroxylation sites is 1. The van der Waals surface area contributed by atoms with Crippen molar-refractivity contribution in [2.75, 3.05) is 23.0 Å². The highest BCUT2D eigenvalue weighted by atomic mass is 19.4. The minimum Gasteiger partial charge on any atom is -0.357 e. The van der Waals surface area contributed by atoms with E-state index < -0.39 is 17.9 Å². The van der Waals surface area contributed by atoms with Crippen LogP contribution < -0.4 is 21.5 Å². The summed E-state index contributed by atoms with van der Waals surface area (Å²) in [5.74, 6) is 0.201. The fraction of sp³-hybridized carbons (Fsp3) is 0.148. The molecule has 0 atom stereocenters. The monoisotopic (exact) mass is 548 g/mol. The molecule has 3 heterocycles. The summed E-state index contributed by atoms with van der Waals surface area (Å²) < 4.78 is 42.6. The van der Waals surface area contributed by atoms with Crippen LogP contribution in [0.25, 0.3) is 27.8 Å². The van der Waals surface area contributed by atoms with Crippen LogP contribution in [0.3, 0.4) is 0 Å². The first kappa shape index (κ1) is 26.4.